The normalized spacial score (nSPS) is 26.7. The van der Waals surface area contributed by atoms with Crippen molar-refractivity contribution in [2.45, 2.75) is 56.5 Å². The Bertz CT molecular complexity index is 534. The quantitative estimate of drug-likeness (QED) is 0.662. The van der Waals surface area contributed by atoms with Crippen LogP contribution in [-0.2, 0) is 0 Å². The topological polar surface area (TPSA) is 50.4 Å². The second-order valence-corrected chi connectivity index (χ2v) is 6.54. The van der Waals surface area contributed by atoms with Crippen molar-refractivity contribution in [3.63, 3.8) is 0 Å². The number of nitrogens with two attached hydrogens (primary N) is 1. The summed E-state index contributed by atoms with van der Waals surface area (Å²) < 4.78 is 13.1. The SMILES string of the molecule is NC(=NC1CCCC1)NC1CC(c2ccc(F)c(Cl)c2)C1. The number of benzene rings is 1. The van der Waals surface area contributed by atoms with Crippen LogP contribution in [0.15, 0.2) is 23.2 Å². The standard InChI is InChI=1S/C16H21ClFN3/c17-14-9-10(5-6-15(14)18)11-7-13(8-11)21-16(19)20-12-3-1-2-4-12/h5-6,9,11-13H,1-4,7-8H2,(H3,19,20,21). The lowest BCUT2D eigenvalue weighted by Crippen LogP contribution is -2.47. The van der Waals surface area contributed by atoms with E-state index in [1.54, 1.807) is 6.07 Å². The van der Waals surface area contributed by atoms with Gasteiger partial charge in [0.25, 0.3) is 0 Å². The number of nitrogens with zero attached hydrogens (tertiary/aromatic N) is 1. The lowest BCUT2D eigenvalue weighted by Gasteiger charge is -2.36. The van der Waals surface area contributed by atoms with Crippen LogP contribution >= 0.6 is 11.6 Å². The van der Waals surface area contributed by atoms with E-state index in [0.29, 0.717) is 24.0 Å². The molecule has 1 aromatic carbocycles. The van der Waals surface area contributed by atoms with Crippen LogP contribution in [-0.4, -0.2) is 18.0 Å². The second kappa shape index (κ2) is 6.22. The van der Waals surface area contributed by atoms with E-state index in [9.17, 15) is 4.39 Å². The largest absolute Gasteiger partial charge is 0.370 e. The number of guanidine groups is 1. The van der Waals surface area contributed by atoms with Crippen LogP contribution in [0.1, 0.15) is 50.0 Å². The van der Waals surface area contributed by atoms with Gasteiger partial charge in [0, 0.05) is 6.04 Å². The van der Waals surface area contributed by atoms with E-state index in [1.807, 2.05) is 6.07 Å². The van der Waals surface area contributed by atoms with E-state index < -0.39 is 0 Å². The summed E-state index contributed by atoms with van der Waals surface area (Å²) in [7, 11) is 0. The third-order valence-corrected chi connectivity index (χ3v) is 4.84. The van der Waals surface area contributed by atoms with E-state index in [0.717, 1.165) is 31.2 Å². The second-order valence-electron chi connectivity index (χ2n) is 6.14. The Labute approximate surface area is 129 Å². The Kier molecular flexibility index (Phi) is 4.34. The molecule has 2 saturated carbocycles. The smallest absolute Gasteiger partial charge is 0.189 e. The van der Waals surface area contributed by atoms with Crippen LogP contribution < -0.4 is 11.1 Å². The molecule has 0 saturated heterocycles. The van der Waals surface area contributed by atoms with Gasteiger partial charge in [0.2, 0.25) is 0 Å². The minimum absolute atomic E-state index is 0.200. The fourth-order valence-corrected chi connectivity index (χ4v) is 3.44. The lowest BCUT2D eigenvalue weighted by atomic mass is 9.76. The molecule has 0 radical (unpaired) electrons. The summed E-state index contributed by atoms with van der Waals surface area (Å²) in [6.07, 6.45) is 6.82. The molecule has 0 bridgehead atoms. The average Bonchev–Trinajstić information content (AvgIpc) is 2.89. The van der Waals surface area contributed by atoms with E-state index in [1.165, 1.54) is 18.9 Å². The lowest BCUT2D eigenvalue weighted by molar-refractivity contribution is 0.323. The summed E-state index contributed by atoms with van der Waals surface area (Å²) in [5.74, 6) is 0.643. The molecular formula is C16H21ClFN3. The molecule has 5 heteroatoms. The summed E-state index contributed by atoms with van der Waals surface area (Å²) in [5.41, 5.74) is 7.06. The molecule has 0 unspecified atom stereocenters. The van der Waals surface area contributed by atoms with Crippen molar-refractivity contribution in [3.05, 3.63) is 34.6 Å². The summed E-state index contributed by atoms with van der Waals surface area (Å²) in [4.78, 5) is 4.53. The van der Waals surface area contributed by atoms with Crippen LogP contribution in [0, 0.1) is 5.82 Å². The van der Waals surface area contributed by atoms with Gasteiger partial charge in [-0.3, -0.25) is 4.99 Å². The number of aliphatic imine (C=N–C) groups is 1. The molecule has 0 atom stereocenters. The van der Waals surface area contributed by atoms with E-state index in [-0.39, 0.29) is 10.8 Å². The predicted molar refractivity (Wildman–Crippen MR) is 84.2 cm³/mol. The first kappa shape index (κ1) is 14.6. The highest BCUT2D eigenvalue weighted by Crippen LogP contribution is 2.38. The molecule has 0 aromatic heterocycles. The van der Waals surface area contributed by atoms with Crippen molar-refractivity contribution >= 4 is 17.6 Å². The Hall–Kier alpha value is -1.29. The summed E-state index contributed by atoms with van der Waals surface area (Å²) in [6.45, 7) is 0. The van der Waals surface area contributed by atoms with E-state index in [2.05, 4.69) is 10.3 Å². The fraction of sp³-hybridized carbons (Fsp3) is 0.562. The molecule has 1 aromatic rings. The van der Waals surface area contributed by atoms with Gasteiger partial charge in [-0.25, -0.2) is 4.39 Å². The Morgan fingerprint density at radius 1 is 1.29 bits per heavy atom. The maximum absolute atomic E-state index is 13.1. The first-order valence-corrected chi connectivity index (χ1v) is 8.04. The summed E-state index contributed by atoms with van der Waals surface area (Å²) in [5, 5.41) is 3.49. The molecule has 3 rings (SSSR count). The minimum Gasteiger partial charge on any atom is -0.370 e. The van der Waals surface area contributed by atoms with Gasteiger partial charge in [-0.1, -0.05) is 30.5 Å². The van der Waals surface area contributed by atoms with Gasteiger partial charge >= 0.3 is 0 Å². The van der Waals surface area contributed by atoms with Gasteiger partial charge in [0.05, 0.1) is 11.1 Å². The Morgan fingerprint density at radius 3 is 2.67 bits per heavy atom. The first-order chi connectivity index (χ1) is 10.1. The van der Waals surface area contributed by atoms with Crippen molar-refractivity contribution in [2.75, 3.05) is 0 Å². The van der Waals surface area contributed by atoms with Gasteiger partial charge in [-0.05, 0) is 49.3 Å². The molecule has 2 aliphatic rings. The van der Waals surface area contributed by atoms with Crippen molar-refractivity contribution in [3.8, 4) is 0 Å². The van der Waals surface area contributed by atoms with Crippen molar-refractivity contribution in [2.24, 2.45) is 10.7 Å². The van der Waals surface area contributed by atoms with Gasteiger partial charge in [0.15, 0.2) is 5.96 Å². The van der Waals surface area contributed by atoms with Crippen LogP contribution in [0.5, 0.6) is 0 Å². The third kappa shape index (κ3) is 3.49. The number of hydrogen-bond donors (Lipinski definition) is 2. The molecule has 0 amide bonds. The molecule has 3 N–H and O–H groups in total. The monoisotopic (exact) mass is 309 g/mol. The highest BCUT2D eigenvalue weighted by atomic mass is 35.5. The molecule has 21 heavy (non-hydrogen) atoms. The van der Waals surface area contributed by atoms with Crippen LogP contribution in [0.3, 0.4) is 0 Å². The van der Waals surface area contributed by atoms with Gasteiger partial charge in [-0.2, -0.15) is 0 Å². The van der Waals surface area contributed by atoms with E-state index >= 15 is 0 Å². The maximum atomic E-state index is 13.1. The van der Waals surface area contributed by atoms with Gasteiger partial charge in [0.1, 0.15) is 5.82 Å². The molecule has 114 valence electrons. The molecular weight excluding hydrogens is 289 g/mol. The van der Waals surface area contributed by atoms with Gasteiger partial charge < -0.3 is 11.1 Å². The first-order valence-electron chi connectivity index (χ1n) is 7.66. The average molecular weight is 310 g/mol. The number of rotatable bonds is 3. The van der Waals surface area contributed by atoms with Crippen LogP contribution in [0.2, 0.25) is 5.02 Å². The highest BCUT2D eigenvalue weighted by molar-refractivity contribution is 6.30. The molecule has 0 spiro atoms. The molecule has 3 nitrogen and oxygen atoms in total. The fourth-order valence-electron chi connectivity index (χ4n) is 3.25. The Morgan fingerprint density at radius 2 is 2.00 bits per heavy atom. The summed E-state index contributed by atoms with van der Waals surface area (Å²) >= 11 is 5.83. The van der Waals surface area contributed by atoms with Crippen molar-refractivity contribution < 1.29 is 4.39 Å². The minimum atomic E-state index is -0.359. The summed E-state index contributed by atoms with van der Waals surface area (Å²) in [6, 6.07) is 5.76. The number of halogens is 2. The zero-order chi connectivity index (χ0) is 14.8. The van der Waals surface area contributed by atoms with E-state index in [4.69, 9.17) is 17.3 Å². The zero-order valence-corrected chi connectivity index (χ0v) is 12.7. The molecule has 0 heterocycles. The van der Waals surface area contributed by atoms with Gasteiger partial charge in [-0.15, -0.1) is 0 Å². The molecule has 2 aliphatic carbocycles. The number of nitrogens with one attached hydrogen (secondary N) is 1. The maximum Gasteiger partial charge on any atom is 0.189 e. The highest BCUT2D eigenvalue weighted by Gasteiger charge is 2.31. The van der Waals surface area contributed by atoms with Crippen LogP contribution in [0.25, 0.3) is 0 Å². The van der Waals surface area contributed by atoms with Crippen molar-refractivity contribution in [1.82, 2.24) is 5.32 Å². The van der Waals surface area contributed by atoms with Crippen LogP contribution in [0.4, 0.5) is 4.39 Å². The third-order valence-electron chi connectivity index (χ3n) is 4.55. The Balaban J connectivity index is 1.50. The molecule has 0 aliphatic heterocycles. The zero-order valence-electron chi connectivity index (χ0n) is 12.0. The number of hydrogen-bond acceptors (Lipinski definition) is 1. The predicted octanol–water partition coefficient (Wildman–Crippen LogP) is 3.57. The van der Waals surface area contributed by atoms with Crippen molar-refractivity contribution in [1.29, 1.82) is 0 Å². The molecule has 2 fully saturated rings.